The zero-order valence-corrected chi connectivity index (χ0v) is 6.51. The largest absolute Gasteiger partial charge is 0.508 e. The van der Waals surface area contributed by atoms with Gasteiger partial charge in [-0.2, -0.15) is 0 Å². The number of hydrogen-bond acceptors (Lipinski definition) is 3. The third-order valence-electron chi connectivity index (χ3n) is 1.19. The summed E-state index contributed by atoms with van der Waals surface area (Å²) < 4.78 is 0. The van der Waals surface area contributed by atoms with Gasteiger partial charge in [-0.15, -0.1) is 12.6 Å². The van der Waals surface area contributed by atoms with Gasteiger partial charge in [-0.05, 0) is 12.1 Å². The van der Waals surface area contributed by atoms with E-state index in [2.05, 4.69) is 12.6 Å². The minimum Gasteiger partial charge on any atom is -0.508 e. The molecule has 0 atom stereocenters. The number of carbonyl (C=O) groups is 1. The highest BCUT2D eigenvalue weighted by molar-refractivity contribution is 7.97. The predicted octanol–water partition coefficient (Wildman–Crippen LogP) is 1.04. The molecule has 0 amide bonds. The van der Waals surface area contributed by atoms with E-state index in [4.69, 9.17) is 10.8 Å². The number of nitrogen functional groups attached to an aromatic ring is 1. The first-order chi connectivity index (χ1) is 5.09. The minimum atomic E-state index is -0.410. The van der Waals surface area contributed by atoms with Crippen molar-refractivity contribution < 1.29 is 9.90 Å². The normalized spacial score (nSPS) is 9.55. The van der Waals surface area contributed by atoms with E-state index in [1.165, 1.54) is 18.2 Å². The van der Waals surface area contributed by atoms with Crippen LogP contribution >= 0.6 is 12.6 Å². The van der Waals surface area contributed by atoms with Crippen LogP contribution in [0.2, 0.25) is 0 Å². The molecule has 4 heteroatoms. The van der Waals surface area contributed by atoms with Crippen molar-refractivity contribution in [3.8, 4) is 5.75 Å². The highest BCUT2D eigenvalue weighted by Gasteiger charge is 2.01. The van der Waals surface area contributed by atoms with Crippen LogP contribution in [0, 0.1) is 0 Å². The molecule has 11 heavy (non-hydrogen) atoms. The van der Waals surface area contributed by atoms with E-state index in [1.807, 2.05) is 0 Å². The Labute approximate surface area is 69.2 Å². The van der Waals surface area contributed by atoms with Gasteiger partial charge in [0.2, 0.25) is 5.12 Å². The first-order valence-corrected chi connectivity index (χ1v) is 3.37. The van der Waals surface area contributed by atoms with Crippen LogP contribution in [-0.4, -0.2) is 10.2 Å². The van der Waals surface area contributed by atoms with Crippen molar-refractivity contribution in [3.63, 3.8) is 0 Å². The zero-order valence-electron chi connectivity index (χ0n) is 5.61. The molecule has 58 valence electrons. The molecule has 0 aliphatic rings. The minimum absolute atomic E-state index is 0.0256. The van der Waals surface area contributed by atoms with Crippen molar-refractivity contribution in [1.82, 2.24) is 0 Å². The molecule has 0 bridgehead atoms. The van der Waals surface area contributed by atoms with Gasteiger partial charge in [0.1, 0.15) is 5.75 Å². The van der Waals surface area contributed by atoms with Gasteiger partial charge in [-0.25, -0.2) is 0 Å². The molecular formula is C7H7NO2S. The van der Waals surface area contributed by atoms with Crippen LogP contribution in [0.1, 0.15) is 10.4 Å². The third kappa shape index (κ3) is 1.88. The lowest BCUT2D eigenvalue weighted by molar-refractivity contribution is 0.109. The van der Waals surface area contributed by atoms with Crippen molar-refractivity contribution in [3.05, 3.63) is 23.8 Å². The van der Waals surface area contributed by atoms with E-state index in [-0.39, 0.29) is 5.75 Å². The van der Waals surface area contributed by atoms with Gasteiger partial charge in [-0.3, -0.25) is 4.79 Å². The van der Waals surface area contributed by atoms with E-state index >= 15 is 0 Å². The molecule has 0 unspecified atom stereocenters. The molecular weight excluding hydrogens is 162 g/mol. The standard InChI is InChI=1S/C7H7NO2S/c8-5-1-4(7(10)11)2-6(9)3-5/h1-3,9H,8H2,(H,10,11). The molecule has 3 nitrogen and oxygen atoms in total. The fourth-order valence-corrected chi connectivity index (χ4v) is 0.887. The van der Waals surface area contributed by atoms with Crippen molar-refractivity contribution >= 4 is 23.4 Å². The lowest BCUT2D eigenvalue weighted by atomic mass is 10.2. The number of thiol groups is 1. The number of phenolic OH excluding ortho intramolecular Hbond substituents is 1. The zero-order chi connectivity index (χ0) is 8.43. The van der Waals surface area contributed by atoms with Gasteiger partial charge in [0.05, 0.1) is 0 Å². The molecule has 0 heterocycles. The maximum absolute atomic E-state index is 10.6. The fraction of sp³-hybridized carbons (Fsp3) is 0. The van der Waals surface area contributed by atoms with Crippen LogP contribution in [-0.2, 0) is 0 Å². The summed E-state index contributed by atoms with van der Waals surface area (Å²) in [5, 5.41) is 8.57. The van der Waals surface area contributed by atoms with Crippen LogP contribution in [0.4, 0.5) is 5.69 Å². The molecule has 1 aromatic rings. The summed E-state index contributed by atoms with van der Waals surface area (Å²) in [4.78, 5) is 10.6. The van der Waals surface area contributed by atoms with E-state index < -0.39 is 5.12 Å². The monoisotopic (exact) mass is 169 g/mol. The Balaban J connectivity index is 3.19. The molecule has 0 fully saturated rings. The quantitative estimate of drug-likeness (QED) is 0.435. The maximum Gasteiger partial charge on any atom is 0.216 e. The van der Waals surface area contributed by atoms with Gasteiger partial charge >= 0.3 is 0 Å². The van der Waals surface area contributed by atoms with Crippen LogP contribution in [0.15, 0.2) is 18.2 Å². The summed E-state index contributed by atoms with van der Waals surface area (Å²) >= 11 is 3.58. The lowest BCUT2D eigenvalue weighted by Crippen LogP contribution is -1.91. The first kappa shape index (κ1) is 7.94. The maximum atomic E-state index is 10.6. The Morgan fingerprint density at radius 3 is 2.55 bits per heavy atom. The second-order valence-corrected chi connectivity index (χ2v) is 2.52. The van der Waals surface area contributed by atoms with Gasteiger partial charge in [0, 0.05) is 17.3 Å². The number of aromatic hydroxyl groups is 1. The van der Waals surface area contributed by atoms with Crippen molar-refractivity contribution in [2.24, 2.45) is 0 Å². The van der Waals surface area contributed by atoms with Gasteiger partial charge in [-0.1, -0.05) is 0 Å². The van der Waals surface area contributed by atoms with Crippen LogP contribution in [0.3, 0.4) is 0 Å². The smallest absolute Gasteiger partial charge is 0.216 e. The third-order valence-corrected chi connectivity index (χ3v) is 1.45. The van der Waals surface area contributed by atoms with Crippen LogP contribution in [0.25, 0.3) is 0 Å². The average Bonchev–Trinajstić information content (AvgIpc) is 1.85. The molecule has 0 spiro atoms. The Kier molecular flexibility index (Phi) is 2.05. The van der Waals surface area contributed by atoms with E-state index in [1.54, 1.807) is 0 Å². The molecule has 3 N–H and O–H groups in total. The second kappa shape index (κ2) is 2.84. The molecule has 0 saturated carbocycles. The summed E-state index contributed by atoms with van der Waals surface area (Å²) in [5.74, 6) is -0.0256. The number of rotatable bonds is 1. The summed E-state index contributed by atoms with van der Waals surface area (Å²) in [6, 6.07) is 4.13. The van der Waals surface area contributed by atoms with Crippen molar-refractivity contribution in [2.75, 3.05) is 5.73 Å². The topological polar surface area (TPSA) is 63.3 Å². The van der Waals surface area contributed by atoms with E-state index in [0.717, 1.165) is 0 Å². The summed E-state index contributed by atoms with van der Waals surface area (Å²) in [6.45, 7) is 0. The first-order valence-electron chi connectivity index (χ1n) is 2.92. The molecule has 1 aromatic carbocycles. The number of phenols is 1. The number of anilines is 1. The number of hydrogen-bond donors (Lipinski definition) is 3. The predicted molar refractivity (Wildman–Crippen MR) is 45.8 cm³/mol. The van der Waals surface area contributed by atoms with Gasteiger partial charge in [0.25, 0.3) is 0 Å². The Morgan fingerprint density at radius 1 is 1.45 bits per heavy atom. The van der Waals surface area contributed by atoms with Crippen molar-refractivity contribution in [1.29, 1.82) is 0 Å². The highest BCUT2D eigenvalue weighted by Crippen LogP contribution is 2.18. The van der Waals surface area contributed by atoms with Gasteiger partial charge in [0.15, 0.2) is 0 Å². The molecule has 0 radical (unpaired) electrons. The van der Waals surface area contributed by atoms with Crippen LogP contribution < -0.4 is 5.73 Å². The summed E-state index contributed by atoms with van der Waals surface area (Å²) in [5.41, 5.74) is 6.00. The fourth-order valence-electron chi connectivity index (χ4n) is 0.758. The molecule has 0 saturated heterocycles. The molecule has 1 rings (SSSR count). The Morgan fingerprint density at radius 2 is 2.09 bits per heavy atom. The second-order valence-electron chi connectivity index (χ2n) is 2.12. The van der Waals surface area contributed by atoms with E-state index in [9.17, 15) is 4.79 Å². The SMILES string of the molecule is Nc1cc(O)cc(C(=O)S)c1. The molecule has 0 aliphatic heterocycles. The van der Waals surface area contributed by atoms with Gasteiger partial charge < -0.3 is 10.8 Å². The number of benzene rings is 1. The van der Waals surface area contributed by atoms with E-state index in [0.29, 0.717) is 11.3 Å². The van der Waals surface area contributed by atoms with Crippen molar-refractivity contribution in [2.45, 2.75) is 0 Å². The molecule has 0 aromatic heterocycles. The number of nitrogens with two attached hydrogens (primary N) is 1. The number of carbonyl (C=O) groups excluding carboxylic acids is 1. The average molecular weight is 169 g/mol. The highest BCUT2D eigenvalue weighted by atomic mass is 32.1. The van der Waals surface area contributed by atoms with Crippen LogP contribution in [0.5, 0.6) is 5.75 Å². The lowest BCUT2D eigenvalue weighted by Gasteiger charge is -1.98. The molecule has 0 aliphatic carbocycles. The Hall–Kier alpha value is -1.16. The Bertz CT molecular complexity index is 278. The summed E-state index contributed by atoms with van der Waals surface area (Å²) in [6.07, 6.45) is 0. The summed E-state index contributed by atoms with van der Waals surface area (Å²) in [7, 11) is 0.